The number of nitrogens with two attached hydrogens (primary N) is 1. The molecule has 2 atom stereocenters. The highest BCUT2D eigenvalue weighted by molar-refractivity contribution is 4.87. The van der Waals surface area contributed by atoms with E-state index in [1.165, 1.54) is 0 Å². The van der Waals surface area contributed by atoms with E-state index in [4.69, 9.17) is 10.5 Å². The lowest BCUT2D eigenvalue weighted by atomic mass is 9.88. The van der Waals surface area contributed by atoms with Gasteiger partial charge in [-0.15, -0.1) is 0 Å². The molecule has 1 saturated carbocycles. The van der Waals surface area contributed by atoms with Crippen LogP contribution >= 0.6 is 0 Å². The highest BCUT2D eigenvalue weighted by Gasteiger charge is 2.29. The molecular formula is C12H26N2O. The van der Waals surface area contributed by atoms with Crippen molar-refractivity contribution in [2.75, 3.05) is 13.2 Å². The average molecular weight is 214 g/mol. The van der Waals surface area contributed by atoms with Gasteiger partial charge >= 0.3 is 0 Å². The van der Waals surface area contributed by atoms with Crippen molar-refractivity contribution in [3.05, 3.63) is 0 Å². The van der Waals surface area contributed by atoms with Gasteiger partial charge in [-0.25, -0.2) is 0 Å². The van der Waals surface area contributed by atoms with Gasteiger partial charge in [0.2, 0.25) is 0 Å². The molecule has 1 aliphatic rings. The Balaban J connectivity index is 2.03. The van der Waals surface area contributed by atoms with Gasteiger partial charge in [-0.1, -0.05) is 20.3 Å². The first-order chi connectivity index (χ1) is 7.17. The molecule has 0 aromatic carbocycles. The molecule has 0 radical (unpaired) electrons. The predicted octanol–water partition coefficient (Wildman–Crippen LogP) is 1.52. The lowest BCUT2D eigenvalue weighted by molar-refractivity contribution is -0.0102. The Morgan fingerprint density at radius 3 is 2.60 bits per heavy atom. The maximum Gasteiger partial charge on any atom is 0.0604 e. The van der Waals surface area contributed by atoms with E-state index in [1.807, 2.05) is 0 Å². The number of rotatable bonds is 7. The predicted molar refractivity (Wildman–Crippen MR) is 63.9 cm³/mol. The molecule has 3 N–H and O–H groups in total. The fourth-order valence-corrected chi connectivity index (χ4v) is 1.91. The molecule has 1 rings (SSSR count). The second-order valence-electron chi connectivity index (χ2n) is 4.70. The van der Waals surface area contributed by atoms with E-state index >= 15 is 0 Å². The quantitative estimate of drug-likeness (QED) is 0.675. The minimum atomic E-state index is 0.293. The number of ether oxygens (including phenoxy) is 1. The Bertz CT molecular complexity index is 169. The van der Waals surface area contributed by atoms with Crippen LogP contribution in [0, 0.1) is 5.92 Å². The molecule has 0 spiro atoms. The summed E-state index contributed by atoms with van der Waals surface area (Å²) < 4.78 is 5.51. The van der Waals surface area contributed by atoms with Crippen LogP contribution in [0.5, 0.6) is 0 Å². The Morgan fingerprint density at radius 1 is 1.40 bits per heavy atom. The van der Waals surface area contributed by atoms with E-state index in [-0.39, 0.29) is 0 Å². The first-order valence-electron chi connectivity index (χ1n) is 6.27. The summed E-state index contributed by atoms with van der Waals surface area (Å²) in [5, 5.41) is 3.52. The standard InChI is InChI=1S/C12H26N2O/c1-4-9(3)12(13)8-14-10-6-11(7-10)15-5-2/h9-12,14H,4-8,13H2,1-3H3. The third-order valence-corrected chi connectivity index (χ3v) is 3.51. The highest BCUT2D eigenvalue weighted by atomic mass is 16.5. The Hall–Kier alpha value is -0.120. The summed E-state index contributed by atoms with van der Waals surface area (Å²) in [5.41, 5.74) is 6.05. The molecule has 0 aromatic rings. The summed E-state index contributed by atoms with van der Waals surface area (Å²) in [5.74, 6) is 0.611. The van der Waals surface area contributed by atoms with Crippen molar-refractivity contribution in [1.29, 1.82) is 0 Å². The van der Waals surface area contributed by atoms with Crippen LogP contribution < -0.4 is 11.1 Å². The largest absolute Gasteiger partial charge is 0.378 e. The van der Waals surface area contributed by atoms with Crippen molar-refractivity contribution in [3.8, 4) is 0 Å². The smallest absolute Gasteiger partial charge is 0.0604 e. The SMILES string of the molecule is CCOC1CC(NCC(N)C(C)CC)C1. The molecule has 0 aliphatic heterocycles. The molecule has 1 fully saturated rings. The van der Waals surface area contributed by atoms with Crippen LogP contribution in [0.4, 0.5) is 0 Å². The normalized spacial score (nSPS) is 29.6. The van der Waals surface area contributed by atoms with Crippen molar-refractivity contribution in [2.24, 2.45) is 11.7 Å². The van der Waals surface area contributed by atoms with Crippen LogP contribution in [0.15, 0.2) is 0 Å². The molecule has 3 heteroatoms. The molecule has 1 aliphatic carbocycles. The van der Waals surface area contributed by atoms with E-state index in [1.54, 1.807) is 0 Å². The number of hydrogen-bond acceptors (Lipinski definition) is 3. The van der Waals surface area contributed by atoms with E-state index in [2.05, 4.69) is 26.1 Å². The van der Waals surface area contributed by atoms with Crippen LogP contribution in [-0.4, -0.2) is 31.3 Å². The zero-order valence-corrected chi connectivity index (χ0v) is 10.3. The minimum Gasteiger partial charge on any atom is -0.378 e. The van der Waals surface area contributed by atoms with Crippen molar-refractivity contribution in [2.45, 2.75) is 58.2 Å². The molecule has 0 amide bonds. The van der Waals surface area contributed by atoms with Crippen molar-refractivity contribution >= 4 is 0 Å². The number of nitrogens with one attached hydrogen (secondary N) is 1. The maximum atomic E-state index is 6.05. The zero-order chi connectivity index (χ0) is 11.3. The number of hydrogen-bond donors (Lipinski definition) is 2. The first kappa shape index (κ1) is 12.9. The summed E-state index contributed by atoms with van der Waals surface area (Å²) in [6.45, 7) is 8.25. The van der Waals surface area contributed by atoms with E-state index in [9.17, 15) is 0 Å². The lowest BCUT2D eigenvalue weighted by Gasteiger charge is -2.36. The maximum absolute atomic E-state index is 6.05. The van der Waals surface area contributed by atoms with E-state index in [0.717, 1.165) is 32.4 Å². The molecule has 0 bridgehead atoms. The minimum absolute atomic E-state index is 0.293. The molecule has 2 unspecified atom stereocenters. The van der Waals surface area contributed by atoms with Crippen molar-refractivity contribution in [1.82, 2.24) is 5.32 Å². The van der Waals surface area contributed by atoms with Crippen molar-refractivity contribution in [3.63, 3.8) is 0 Å². The second-order valence-corrected chi connectivity index (χ2v) is 4.70. The second kappa shape index (κ2) is 6.46. The highest BCUT2D eigenvalue weighted by Crippen LogP contribution is 2.23. The Labute approximate surface area is 93.8 Å². The Kier molecular flexibility index (Phi) is 5.58. The summed E-state index contributed by atoms with van der Waals surface area (Å²) in [4.78, 5) is 0. The van der Waals surface area contributed by atoms with Gasteiger partial charge in [0, 0.05) is 25.2 Å². The fraction of sp³-hybridized carbons (Fsp3) is 1.00. The van der Waals surface area contributed by atoms with Crippen LogP contribution in [0.25, 0.3) is 0 Å². The molecule has 0 heterocycles. The van der Waals surface area contributed by atoms with Gasteiger partial charge in [0.15, 0.2) is 0 Å². The summed E-state index contributed by atoms with van der Waals surface area (Å²) in [7, 11) is 0. The van der Waals surface area contributed by atoms with Gasteiger partial charge in [-0.3, -0.25) is 0 Å². The summed E-state index contributed by atoms with van der Waals surface area (Å²) in [6, 6.07) is 0.929. The van der Waals surface area contributed by atoms with Crippen LogP contribution in [-0.2, 0) is 4.74 Å². The van der Waals surface area contributed by atoms with E-state index < -0.39 is 0 Å². The average Bonchev–Trinajstić information content (AvgIpc) is 2.19. The summed E-state index contributed by atoms with van der Waals surface area (Å²) in [6.07, 6.45) is 3.96. The van der Waals surface area contributed by atoms with Gasteiger partial charge in [0.1, 0.15) is 0 Å². The topological polar surface area (TPSA) is 47.3 Å². The molecule has 3 nitrogen and oxygen atoms in total. The fourth-order valence-electron chi connectivity index (χ4n) is 1.91. The molecule has 0 saturated heterocycles. The third kappa shape index (κ3) is 4.09. The van der Waals surface area contributed by atoms with Crippen LogP contribution in [0.3, 0.4) is 0 Å². The van der Waals surface area contributed by atoms with Gasteiger partial charge in [-0.2, -0.15) is 0 Å². The van der Waals surface area contributed by atoms with E-state index in [0.29, 0.717) is 24.1 Å². The zero-order valence-electron chi connectivity index (χ0n) is 10.3. The van der Waals surface area contributed by atoms with Crippen molar-refractivity contribution < 1.29 is 4.74 Å². The molecular weight excluding hydrogens is 188 g/mol. The summed E-state index contributed by atoms with van der Waals surface area (Å²) >= 11 is 0. The first-order valence-corrected chi connectivity index (χ1v) is 6.27. The Morgan fingerprint density at radius 2 is 2.07 bits per heavy atom. The van der Waals surface area contributed by atoms with Gasteiger partial charge in [0.05, 0.1) is 6.10 Å². The molecule has 90 valence electrons. The van der Waals surface area contributed by atoms with Gasteiger partial charge in [0.25, 0.3) is 0 Å². The third-order valence-electron chi connectivity index (χ3n) is 3.51. The monoisotopic (exact) mass is 214 g/mol. The lowest BCUT2D eigenvalue weighted by Crippen LogP contribution is -2.50. The van der Waals surface area contributed by atoms with Gasteiger partial charge in [-0.05, 0) is 25.7 Å². The van der Waals surface area contributed by atoms with Crippen LogP contribution in [0.1, 0.15) is 40.0 Å². The molecule has 15 heavy (non-hydrogen) atoms. The van der Waals surface area contributed by atoms with Crippen LogP contribution in [0.2, 0.25) is 0 Å². The van der Waals surface area contributed by atoms with Gasteiger partial charge < -0.3 is 15.8 Å². The molecule has 0 aromatic heterocycles.